The molecule has 102 valence electrons. The third-order valence-corrected chi connectivity index (χ3v) is 3.71. The number of halogens is 2. The van der Waals surface area contributed by atoms with Crippen LogP contribution in [0.2, 0.25) is 0 Å². The van der Waals surface area contributed by atoms with E-state index in [1.165, 1.54) is 6.07 Å². The summed E-state index contributed by atoms with van der Waals surface area (Å²) >= 11 is 1.78. The first-order valence-corrected chi connectivity index (χ1v) is 7.14. The van der Waals surface area contributed by atoms with Gasteiger partial charge in [0.05, 0.1) is 11.7 Å². The van der Waals surface area contributed by atoms with Gasteiger partial charge in [-0.05, 0) is 24.8 Å². The second kappa shape index (κ2) is 7.71. The molecule has 18 heavy (non-hydrogen) atoms. The van der Waals surface area contributed by atoms with E-state index in [-0.39, 0.29) is 18.2 Å². The van der Waals surface area contributed by atoms with E-state index < -0.39 is 17.7 Å². The molecule has 5 heteroatoms. The Hall–Kier alpha value is -0.650. The average molecular weight is 275 g/mol. The minimum atomic E-state index is -1.17. The van der Waals surface area contributed by atoms with Crippen LogP contribution in [-0.4, -0.2) is 29.2 Å². The van der Waals surface area contributed by atoms with Gasteiger partial charge in [0.1, 0.15) is 11.6 Å². The maximum absolute atomic E-state index is 13.4. The van der Waals surface area contributed by atoms with Gasteiger partial charge in [-0.3, -0.25) is 0 Å². The first-order chi connectivity index (χ1) is 8.56. The van der Waals surface area contributed by atoms with Gasteiger partial charge in [-0.2, -0.15) is 11.8 Å². The fourth-order valence-electron chi connectivity index (χ4n) is 1.60. The van der Waals surface area contributed by atoms with Crippen molar-refractivity contribution < 1.29 is 13.9 Å². The lowest BCUT2D eigenvalue weighted by Crippen LogP contribution is -2.32. The molecule has 0 heterocycles. The van der Waals surface area contributed by atoms with E-state index in [1.54, 1.807) is 11.8 Å². The molecule has 0 fully saturated rings. The van der Waals surface area contributed by atoms with Crippen LogP contribution in [0.5, 0.6) is 0 Å². The summed E-state index contributed by atoms with van der Waals surface area (Å²) in [6.07, 6.45) is -1.17. The summed E-state index contributed by atoms with van der Waals surface area (Å²) in [4.78, 5) is 0. The normalized spacial score (nSPS) is 14.5. The highest BCUT2D eigenvalue weighted by atomic mass is 32.2. The lowest BCUT2D eigenvalue weighted by atomic mass is 10.1. The van der Waals surface area contributed by atoms with Crippen molar-refractivity contribution in [2.45, 2.75) is 26.0 Å². The lowest BCUT2D eigenvalue weighted by molar-refractivity contribution is 0.162. The number of aliphatic hydroxyl groups is 1. The second-order valence-electron chi connectivity index (χ2n) is 4.12. The molecule has 0 saturated carbocycles. The quantitative estimate of drug-likeness (QED) is 0.802. The number of hydrogen-bond acceptors (Lipinski definition) is 3. The lowest BCUT2D eigenvalue weighted by Gasteiger charge is -2.17. The van der Waals surface area contributed by atoms with Crippen molar-refractivity contribution in [3.8, 4) is 0 Å². The smallest absolute Gasteiger partial charge is 0.131 e. The summed E-state index contributed by atoms with van der Waals surface area (Å²) < 4.78 is 26.8. The Bertz CT molecular complexity index is 356. The molecule has 2 atom stereocenters. The zero-order valence-electron chi connectivity index (χ0n) is 10.6. The van der Waals surface area contributed by atoms with E-state index >= 15 is 0 Å². The summed E-state index contributed by atoms with van der Waals surface area (Å²) in [7, 11) is 0. The number of hydrogen-bond donors (Lipinski definition) is 2. The largest absolute Gasteiger partial charge is 0.387 e. The van der Waals surface area contributed by atoms with E-state index in [0.29, 0.717) is 0 Å². The Kier molecular flexibility index (Phi) is 6.60. The van der Waals surface area contributed by atoms with Gasteiger partial charge in [0.25, 0.3) is 0 Å². The van der Waals surface area contributed by atoms with E-state index in [1.807, 2.05) is 6.92 Å². The van der Waals surface area contributed by atoms with Crippen LogP contribution in [0.3, 0.4) is 0 Å². The molecule has 0 amide bonds. The Morgan fingerprint density at radius 1 is 1.33 bits per heavy atom. The molecule has 0 radical (unpaired) electrons. The molecule has 2 unspecified atom stereocenters. The van der Waals surface area contributed by atoms with Gasteiger partial charge in [0, 0.05) is 18.3 Å². The highest BCUT2D eigenvalue weighted by molar-refractivity contribution is 7.99. The average Bonchev–Trinajstić information content (AvgIpc) is 2.33. The monoisotopic (exact) mass is 275 g/mol. The molecule has 0 saturated heterocycles. The Balaban J connectivity index is 2.52. The molecular formula is C13H19F2NOS. The third-order valence-electron chi connectivity index (χ3n) is 2.56. The van der Waals surface area contributed by atoms with Crippen LogP contribution < -0.4 is 5.32 Å². The fraction of sp³-hybridized carbons (Fsp3) is 0.538. The van der Waals surface area contributed by atoms with Crippen LogP contribution in [0.15, 0.2) is 18.2 Å². The maximum atomic E-state index is 13.4. The first-order valence-electron chi connectivity index (χ1n) is 5.99. The molecule has 0 aliphatic carbocycles. The SMILES string of the molecule is CCSCC(C)NCC(O)c1c(F)cccc1F. The predicted molar refractivity (Wildman–Crippen MR) is 71.8 cm³/mol. The molecule has 1 aromatic rings. The number of nitrogens with one attached hydrogen (secondary N) is 1. The van der Waals surface area contributed by atoms with Crippen LogP contribution in [0.25, 0.3) is 0 Å². The number of thioether (sulfide) groups is 1. The Labute approximate surface area is 111 Å². The Morgan fingerprint density at radius 2 is 1.94 bits per heavy atom. The third kappa shape index (κ3) is 4.55. The van der Waals surface area contributed by atoms with Crippen LogP contribution >= 0.6 is 11.8 Å². The topological polar surface area (TPSA) is 32.3 Å². The van der Waals surface area contributed by atoms with Gasteiger partial charge in [0.2, 0.25) is 0 Å². The highest BCUT2D eigenvalue weighted by Crippen LogP contribution is 2.20. The molecule has 0 bridgehead atoms. The van der Waals surface area contributed by atoms with Crippen molar-refractivity contribution in [2.75, 3.05) is 18.1 Å². The van der Waals surface area contributed by atoms with E-state index in [0.717, 1.165) is 23.6 Å². The summed E-state index contributed by atoms with van der Waals surface area (Å²) in [6.45, 7) is 4.19. The zero-order chi connectivity index (χ0) is 13.5. The van der Waals surface area contributed by atoms with Crippen LogP contribution in [-0.2, 0) is 0 Å². The van der Waals surface area contributed by atoms with E-state index in [2.05, 4.69) is 12.2 Å². The molecule has 2 N–H and O–H groups in total. The van der Waals surface area contributed by atoms with Crippen LogP contribution in [0.1, 0.15) is 25.5 Å². The van der Waals surface area contributed by atoms with Crippen molar-refractivity contribution >= 4 is 11.8 Å². The van der Waals surface area contributed by atoms with Crippen molar-refractivity contribution in [2.24, 2.45) is 0 Å². The summed E-state index contributed by atoms with van der Waals surface area (Å²) in [5.41, 5.74) is -0.264. The minimum Gasteiger partial charge on any atom is -0.387 e. The van der Waals surface area contributed by atoms with Gasteiger partial charge in [0.15, 0.2) is 0 Å². The standard InChI is InChI=1S/C13H19F2NOS/c1-3-18-8-9(2)16-7-12(17)13-10(14)5-4-6-11(13)15/h4-6,9,12,16-17H,3,7-8H2,1-2H3. The van der Waals surface area contributed by atoms with Crippen molar-refractivity contribution in [3.63, 3.8) is 0 Å². The first kappa shape index (κ1) is 15.4. The molecule has 0 aromatic heterocycles. The molecule has 1 aromatic carbocycles. The second-order valence-corrected chi connectivity index (χ2v) is 5.44. The molecule has 0 aliphatic rings. The fourth-order valence-corrected chi connectivity index (χ4v) is 2.30. The summed E-state index contributed by atoms with van der Waals surface area (Å²) in [5.74, 6) is 0.513. The van der Waals surface area contributed by atoms with Crippen molar-refractivity contribution in [3.05, 3.63) is 35.4 Å². The number of rotatable bonds is 7. The molecule has 0 aliphatic heterocycles. The van der Waals surface area contributed by atoms with Gasteiger partial charge in [-0.15, -0.1) is 0 Å². The van der Waals surface area contributed by atoms with Gasteiger partial charge < -0.3 is 10.4 Å². The van der Waals surface area contributed by atoms with Crippen molar-refractivity contribution in [1.82, 2.24) is 5.32 Å². The Morgan fingerprint density at radius 3 is 2.50 bits per heavy atom. The number of benzene rings is 1. The molecule has 1 rings (SSSR count). The van der Waals surface area contributed by atoms with E-state index in [4.69, 9.17) is 0 Å². The summed E-state index contributed by atoms with van der Waals surface area (Å²) in [6, 6.07) is 3.78. The predicted octanol–water partition coefficient (Wildman–Crippen LogP) is 2.73. The van der Waals surface area contributed by atoms with Gasteiger partial charge in [-0.1, -0.05) is 13.0 Å². The molecule has 2 nitrogen and oxygen atoms in total. The zero-order valence-corrected chi connectivity index (χ0v) is 11.4. The molecule has 0 spiro atoms. The van der Waals surface area contributed by atoms with Gasteiger partial charge >= 0.3 is 0 Å². The van der Waals surface area contributed by atoms with Crippen LogP contribution in [0.4, 0.5) is 8.78 Å². The van der Waals surface area contributed by atoms with Crippen molar-refractivity contribution in [1.29, 1.82) is 0 Å². The minimum absolute atomic E-state index is 0.142. The number of aliphatic hydroxyl groups excluding tert-OH is 1. The van der Waals surface area contributed by atoms with E-state index in [9.17, 15) is 13.9 Å². The van der Waals surface area contributed by atoms with Gasteiger partial charge in [-0.25, -0.2) is 8.78 Å². The maximum Gasteiger partial charge on any atom is 0.131 e. The molecular weight excluding hydrogens is 256 g/mol. The highest BCUT2D eigenvalue weighted by Gasteiger charge is 2.17. The summed E-state index contributed by atoms with van der Waals surface area (Å²) in [5, 5.41) is 12.9. The van der Waals surface area contributed by atoms with Crippen LogP contribution in [0, 0.1) is 11.6 Å².